The van der Waals surface area contributed by atoms with Crippen LogP contribution in [0.1, 0.15) is 39.0 Å². The SMILES string of the molecule is C=C/C=c1/c(=O)c(C)c2n(/c1=C/C=C)COC2.CC.CC. The number of nitrogens with zero attached hydrogens (tertiary/aromatic N) is 1. The van der Waals surface area contributed by atoms with Crippen molar-refractivity contribution in [2.45, 2.75) is 48.0 Å². The molecule has 0 radical (unpaired) electrons. The highest BCUT2D eigenvalue weighted by Gasteiger charge is 2.16. The highest BCUT2D eigenvalue weighted by molar-refractivity contribution is 5.42. The molecule has 0 aliphatic carbocycles. The molecule has 116 valence electrons. The molecule has 0 spiro atoms. The molecule has 1 aromatic rings. The van der Waals surface area contributed by atoms with Gasteiger partial charge in [0, 0.05) is 10.8 Å². The summed E-state index contributed by atoms with van der Waals surface area (Å²) in [6, 6.07) is 0. The van der Waals surface area contributed by atoms with Crippen molar-refractivity contribution in [3.63, 3.8) is 0 Å². The fourth-order valence-corrected chi connectivity index (χ4v) is 2.08. The Kier molecular flexibility index (Phi) is 9.06. The lowest BCUT2D eigenvalue weighted by Crippen LogP contribution is -2.46. The summed E-state index contributed by atoms with van der Waals surface area (Å²) in [5.41, 5.74) is 1.73. The summed E-state index contributed by atoms with van der Waals surface area (Å²) in [5.74, 6) is 0. The summed E-state index contributed by atoms with van der Waals surface area (Å²) in [6.45, 7) is 18.1. The molecular weight excluding hydrogens is 262 g/mol. The molecule has 0 bridgehead atoms. The van der Waals surface area contributed by atoms with Gasteiger partial charge in [0.05, 0.1) is 17.6 Å². The van der Waals surface area contributed by atoms with Gasteiger partial charge in [-0.2, -0.15) is 0 Å². The van der Waals surface area contributed by atoms with Crippen molar-refractivity contribution in [1.29, 1.82) is 0 Å². The molecule has 0 saturated heterocycles. The maximum absolute atomic E-state index is 12.2. The molecule has 1 aliphatic rings. The van der Waals surface area contributed by atoms with E-state index in [-0.39, 0.29) is 5.43 Å². The quantitative estimate of drug-likeness (QED) is 0.838. The number of pyridine rings is 1. The molecule has 0 amide bonds. The van der Waals surface area contributed by atoms with Gasteiger partial charge in [-0.05, 0) is 19.1 Å². The Bertz CT molecular complexity index is 651. The van der Waals surface area contributed by atoms with Gasteiger partial charge in [-0.1, -0.05) is 53.0 Å². The average Bonchev–Trinajstić information content (AvgIpc) is 3.02. The topological polar surface area (TPSA) is 31.2 Å². The van der Waals surface area contributed by atoms with Gasteiger partial charge in [-0.15, -0.1) is 0 Å². The van der Waals surface area contributed by atoms with Crippen LogP contribution in [-0.2, 0) is 18.1 Å². The standard InChI is InChI=1S/C14H15NO2.2C2H6/c1-4-6-11-12(7-5-2)15-9-17-8-13(15)10(3)14(11)16;2*1-2/h4-7H,1-2,8-9H2,3H3;2*1-2H3/b11-6+,12-7+;;. The first-order valence-corrected chi connectivity index (χ1v) is 7.46. The molecular formula is C18H27NO2. The smallest absolute Gasteiger partial charge is 0.192 e. The third-order valence-electron chi connectivity index (χ3n) is 2.93. The average molecular weight is 289 g/mol. The van der Waals surface area contributed by atoms with Crippen molar-refractivity contribution in [3.8, 4) is 0 Å². The highest BCUT2D eigenvalue weighted by Crippen LogP contribution is 2.09. The van der Waals surface area contributed by atoms with E-state index in [1.807, 2.05) is 45.3 Å². The molecule has 3 nitrogen and oxygen atoms in total. The van der Waals surface area contributed by atoms with Crippen molar-refractivity contribution in [3.05, 3.63) is 57.4 Å². The summed E-state index contributed by atoms with van der Waals surface area (Å²) in [7, 11) is 0. The minimum Gasteiger partial charge on any atom is -0.355 e. The normalized spacial score (nSPS) is 13.6. The van der Waals surface area contributed by atoms with Gasteiger partial charge in [0.15, 0.2) is 5.43 Å². The molecule has 21 heavy (non-hydrogen) atoms. The van der Waals surface area contributed by atoms with E-state index < -0.39 is 0 Å². The lowest BCUT2D eigenvalue weighted by Gasteiger charge is -2.06. The van der Waals surface area contributed by atoms with Crippen LogP contribution in [0.2, 0.25) is 0 Å². The molecule has 2 rings (SSSR count). The van der Waals surface area contributed by atoms with Crippen LogP contribution < -0.4 is 16.0 Å². The van der Waals surface area contributed by atoms with Gasteiger partial charge in [-0.25, -0.2) is 0 Å². The molecule has 1 aromatic heterocycles. The Hall–Kier alpha value is -1.87. The number of fused-ring (bicyclic) bond motifs is 1. The van der Waals surface area contributed by atoms with Crippen LogP contribution in [0.3, 0.4) is 0 Å². The lowest BCUT2D eigenvalue weighted by molar-refractivity contribution is 0.108. The fraction of sp³-hybridized carbons (Fsp3) is 0.389. The zero-order valence-electron chi connectivity index (χ0n) is 13.9. The van der Waals surface area contributed by atoms with Crippen LogP contribution in [0.15, 0.2) is 30.1 Å². The van der Waals surface area contributed by atoms with E-state index in [9.17, 15) is 4.79 Å². The van der Waals surface area contributed by atoms with E-state index in [4.69, 9.17) is 4.74 Å². The first kappa shape index (κ1) is 19.1. The van der Waals surface area contributed by atoms with Crippen molar-refractivity contribution in [2.75, 3.05) is 0 Å². The van der Waals surface area contributed by atoms with Gasteiger partial charge < -0.3 is 9.30 Å². The van der Waals surface area contributed by atoms with Gasteiger partial charge in [-0.3, -0.25) is 4.79 Å². The van der Waals surface area contributed by atoms with Crippen LogP contribution in [0.25, 0.3) is 12.2 Å². The summed E-state index contributed by atoms with van der Waals surface area (Å²) >= 11 is 0. The van der Waals surface area contributed by atoms with Crippen LogP contribution in [0.5, 0.6) is 0 Å². The number of hydrogen-bond acceptors (Lipinski definition) is 2. The lowest BCUT2D eigenvalue weighted by atomic mass is 10.1. The third-order valence-corrected chi connectivity index (χ3v) is 2.93. The van der Waals surface area contributed by atoms with Gasteiger partial charge in [0.2, 0.25) is 0 Å². The van der Waals surface area contributed by atoms with Crippen molar-refractivity contribution in [2.24, 2.45) is 0 Å². The molecule has 3 heteroatoms. The van der Waals surface area contributed by atoms with E-state index in [1.54, 1.807) is 18.2 Å². The monoisotopic (exact) mass is 289 g/mol. The number of hydrogen-bond donors (Lipinski definition) is 0. The predicted molar refractivity (Wildman–Crippen MR) is 91.5 cm³/mol. The van der Waals surface area contributed by atoms with Gasteiger partial charge in [0.25, 0.3) is 0 Å². The minimum absolute atomic E-state index is 0.0368. The first-order valence-electron chi connectivity index (χ1n) is 7.46. The zero-order valence-corrected chi connectivity index (χ0v) is 13.9. The van der Waals surface area contributed by atoms with E-state index >= 15 is 0 Å². The first-order chi connectivity index (χ1) is 10.2. The fourth-order valence-electron chi connectivity index (χ4n) is 2.08. The van der Waals surface area contributed by atoms with Crippen LogP contribution in [-0.4, -0.2) is 4.57 Å². The summed E-state index contributed by atoms with van der Waals surface area (Å²) in [4.78, 5) is 12.2. The maximum Gasteiger partial charge on any atom is 0.192 e. The highest BCUT2D eigenvalue weighted by atomic mass is 16.5. The number of rotatable bonds is 2. The summed E-state index contributed by atoms with van der Waals surface area (Å²) < 4.78 is 7.41. The second-order valence-corrected chi connectivity index (χ2v) is 3.91. The Labute approximate surface area is 127 Å². The molecule has 0 N–H and O–H groups in total. The van der Waals surface area contributed by atoms with E-state index in [2.05, 4.69) is 13.2 Å². The zero-order chi connectivity index (χ0) is 16.4. The molecule has 0 fully saturated rings. The molecule has 0 unspecified atom stereocenters. The van der Waals surface area contributed by atoms with Gasteiger partial charge in [0.1, 0.15) is 6.73 Å². The van der Waals surface area contributed by atoms with Crippen LogP contribution in [0.4, 0.5) is 0 Å². The molecule has 1 aliphatic heterocycles. The second-order valence-electron chi connectivity index (χ2n) is 3.91. The van der Waals surface area contributed by atoms with Gasteiger partial charge >= 0.3 is 0 Å². The molecule has 0 saturated carbocycles. The Morgan fingerprint density at radius 2 is 1.67 bits per heavy atom. The predicted octanol–water partition coefficient (Wildman–Crippen LogP) is 2.63. The second kappa shape index (κ2) is 9.94. The molecule has 0 aromatic carbocycles. The molecule has 2 heterocycles. The third kappa shape index (κ3) is 4.05. The Morgan fingerprint density at radius 3 is 2.19 bits per heavy atom. The van der Waals surface area contributed by atoms with Crippen LogP contribution in [0, 0.1) is 6.92 Å². The largest absolute Gasteiger partial charge is 0.355 e. The molecule has 0 atom stereocenters. The van der Waals surface area contributed by atoms with Crippen molar-refractivity contribution >= 4 is 12.2 Å². The van der Waals surface area contributed by atoms with E-state index in [1.165, 1.54) is 0 Å². The summed E-state index contributed by atoms with van der Waals surface area (Å²) in [6.07, 6.45) is 6.86. The summed E-state index contributed by atoms with van der Waals surface area (Å²) in [5, 5.41) is 1.48. The number of aromatic nitrogens is 1. The minimum atomic E-state index is 0.0368. The number of ether oxygens (including phenoxy) is 1. The maximum atomic E-state index is 12.2. The van der Waals surface area contributed by atoms with Crippen molar-refractivity contribution in [1.82, 2.24) is 4.57 Å². The van der Waals surface area contributed by atoms with Crippen LogP contribution >= 0.6 is 0 Å². The number of allylic oxidation sites excluding steroid dienone is 2. The van der Waals surface area contributed by atoms with E-state index in [0.29, 0.717) is 18.6 Å². The van der Waals surface area contributed by atoms with Crippen molar-refractivity contribution < 1.29 is 4.74 Å². The van der Waals surface area contributed by atoms with E-state index in [0.717, 1.165) is 16.6 Å². The Balaban J connectivity index is 0.000000921. The Morgan fingerprint density at radius 1 is 1.10 bits per heavy atom.